The number of benzene rings is 1. The zero-order chi connectivity index (χ0) is 17.5. The SMILES string of the molecule is CC(C)(C)n1ncc2c1CCCC2NC(=O)c1c(F)cccc1F. The number of hydrogen-bond donors (Lipinski definition) is 1. The summed E-state index contributed by atoms with van der Waals surface area (Å²) in [6, 6.07) is 3.13. The van der Waals surface area contributed by atoms with Gasteiger partial charge in [-0.05, 0) is 52.2 Å². The number of amides is 1. The maximum absolute atomic E-state index is 13.8. The predicted octanol–water partition coefficient (Wildman–Crippen LogP) is 3.72. The minimum Gasteiger partial charge on any atom is -0.345 e. The summed E-state index contributed by atoms with van der Waals surface area (Å²) in [5.74, 6) is -2.44. The summed E-state index contributed by atoms with van der Waals surface area (Å²) in [6.45, 7) is 6.20. The average molecular weight is 333 g/mol. The molecule has 1 N–H and O–H groups in total. The summed E-state index contributed by atoms with van der Waals surface area (Å²) in [5, 5.41) is 7.22. The van der Waals surface area contributed by atoms with Crippen LogP contribution in [-0.2, 0) is 12.0 Å². The molecule has 0 saturated heterocycles. The number of aromatic nitrogens is 2. The summed E-state index contributed by atoms with van der Waals surface area (Å²) in [6.07, 6.45) is 4.25. The van der Waals surface area contributed by atoms with Gasteiger partial charge in [-0.25, -0.2) is 8.78 Å². The third-order valence-electron chi connectivity index (χ3n) is 4.31. The van der Waals surface area contributed by atoms with E-state index in [1.807, 2.05) is 4.68 Å². The number of hydrogen-bond acceptors (Lipinski definition) is 2. The highest BCUT2D eigenvalue weighted by molar-refractivity contribution is 5.95. The van der Waals surface area contributed by atoms with Gasteiger partial charge in [-0.1, -0.05) is 6.07 Å². The predicted molar refractivity (Wildman–Crippen MR) is 86.7 cm³/mol. The van der Waals surface area contributed by atoms with E-state index in [2.05, 4.69) is 31.2 Å². The van der Waals surface area contributed by atoms with Gasteiger partial charge in [0.1, 0.15) is 17.2 Å². The van der Waals surface area contributed by atoms with Gasteiger partial charge >= 0.3 is 0 Å². The lowest BCUT2D eigenvalue weighted by Crippen LogP contribution is -2.33. The van der Waals surface area contributed by atoms with Gasteiger partial charge in [-0.15, -0.1) is 0 Å². The van der Waals surface area contributed by atoms with Gasteiger partial charge in [0.25, 0.3) is 5.91 Å². The van der Waals surface area contributed by atoms with Gasteiger partial charge in [-0.2, -0.15) is 5.10 Å². The van der Waals surface area contributed by atoms with Crippen LogP contribution in [-0.4, -0.2) is 15.7 Å². The maximum Gasteiger partial charge on any atom is 0.257 e. The van der Waals surface area contributed by atoms with Gasteiger partial charge in [0, 0.05) is 11.3 Å². The molecule has 1 heterocycles. The van der Waals surface area contributed by atoms with Crippen LogP contribution in [0.4, 0.5) is 8.78 Å². The standard InChI is InChI=1S/C18H21F2N3O/c1-18(2,3)23-15-9-5-8-14(11(15)10-21-23)22-17(24)16-12(19)6-4-7-13(16)20/h4,6-7,10,14H,5,8-9H2,1-3H3,(H,22,24). The van der Waals surface area contributed by atoms with Crippen LogP contribution in [0.5, 0.6) is 0 Å². The minimum absolute atomic E-state index is 0.156. The molecule has 1 aromatic carbocycles. The minimum atomic E-state index is -0.853. The zero-order valence-electron chi connectivity index (χ0n) is 14.1. The molecule has 0 spiro atoms. The molecule has 1 amide bonds. The molecule has 1 aliphatic rings. The van der Waals surface area contributed by atoms with E-state index >= 15 is 0 Å². The molecule has 2 aromatic rings. The fourth-order valence-electron chi connectivity index (χ4n) is 3.23. The van der Waals surface area contributed by atoms with Crippen LogP contribution >= 0.6 is 0 Å². The lowest BCUT2D eigenvalue weighted by atomic mass is 9.92. The van der Waals surface area contributed by atoms with Gasteiger partial charge < -0.3 is 5.32 Å². The van der Waals surface area contributed by atoms with E-state index in [0.717, 1.165) is 42.7 Å². The van der Waals surface area contributed by atoms with Crippen LogP contribution in [0, 0.1) is 11.6 Å². The van der Waals surface area contributed by atoms with E-state index in [0.29, 0.717) is 0 Å². The third-order valence-corrected chi connectivity index (χ3v) is 4.31. The van der Waals surface area contributed by atoms with Crippen molar-refractivity contribution >= 4 is 5.91 Å². The van der Waals surface area contributed by atoms with E-state index in [1.54, 1.807) is 6.20 Å². The highest BCUT2D eigenvalue weighted by Gasteiger charge is 2.30. The number of nitrogens with one attached hydrogen (secondary N) is 1. The van der Waals surface area contributed by atoms with Crippen molar-refractivity contribution in [1.29, 1.82) is 0 Å². The Hall–Kier alpha value is -2.24. The van der Waals surface area contributed by atoms with E-state index in [4.69, 9.17) is 0 Å². The Morgan fingerprint density at radius 3 is 2.58 bits per heavy atom. The number of carbonyl (C=O) groups is 1. The lowest BCUT2D eigenvalue weighted by Gasteiger charge is -2.28. The first-order valence-corrected chi connectivity index (χ1v) is 8.11. The smallest absolute Gasteiger partial charge is 0.257 e. The number of halogens is 2. The van der Waals surface area contributed by atoms with Crippen LogP contribution in [0.25, 0.3) is 0 Å². The van der Waals surface area contributed by atoms with Crippen LogP contribution < -0.4 is 5.32 Å². The second-order valence-electron chi connectivity index (χ2n) is 7.14. The van der Waals surface area contributed by atoms with Crippen molar-refractivity contribution in [3.63, 3.8) is 0 Å². The molecule has 0 bridgehead atoms. The maximum atomic E-state index is 13.8. The van der Waals surface area contributed by atoms with Crippen molar-refractivity contribution in [2.45, 2.75) is 51.6 Å². The fourth-order valence-corrected chi connectivity index (χ4v) is 3.23. The Morgan fingerprint density at radius 2 is 1.96 bits per heavy atom. The lowest BCUT2D eigenvalue weighted by molar-refractivity contribution is 0.0924. The molecule has 1 unspecified atom stereocenters. The van der Waals surface area contributed by atoms with E-state index in [9.17, 15) is 13.6 Å². The largest absolute Gasteiger partial charge is 0.345 e. The first kappa shape index (κ1) is 16.6. The van der Waals surface area contributed by atoms with Gasteiger partial charge in [0.15, 0.2) is 0 Å². The topological polar surface area (TPSA) is 46.9 Å². The molecule has 6 heteroatoms. The molecule has 3 rings (SSSR count). The normalized spacial score (nSPS) is 17.5. The second-order valence-corrected chi connectivity index (χ2v) is 7.14. The second kappa shape index (κ2) is 6.00. The molecule has 0 radical (unpaired) electrons. The molecular weight excluding hydrogens is 312 g/mol. The van der Waals surface area contributed by atoms with Gasteiger partial charge in [0.2, 0.25) is 0 Å². The van der Waals surface area contributed by atoms with E-state index in [1.165, 1.54) is 6.07 Å². The van der Waals surface area contributed by atoms with Crippen molar-refractivity contribution in [1.82, 2.24) is 15.1 Å². The summed E-state index contributed by atoms with van der Waals surface area (Å²) in [4.78, 5) is 12.3. The monoisotopic (exact) mass is 333 g/mol. The van der Waals surface area contributed by atoms with Crippen LogP contribution in [0.2, 0.25) is 0 Å². The van der Waals surface area contributed by atoms with Crippen molar-refractivity contribution in [2.24, 2.45) is 0 Å². The number of fused-ring (bicyclic) bond motifs is 1. The third kappa shape index (κ3) is 2.92. The molecule has 0 aliphatic heterocycles. The quantitative estimate of drug-likeness (QED) is 0.910. The molecular formula is C18H21F2N3O. The highest BCUT2D eigenvalue weighted by atomic mass is 19.1. The Labute approximate surface area is 139 Å². The van der Waals surface area contributed by atoms with E-state index < -0.39 is 23.1 Å². The van der Waals surface area contributed by atoms with Crippen LogP contribution in [0.3, 0.4) is 0 Å². The molecule has 1 aromatic heterocycles. The Morgan fingerprint density at radius 1 is 1.29 bits per heavy atom. The summed E-state index contributed by atoms with van der Waals surface area (Å²) < 4.78 is 29.6. The summed E-state index contributed by atoms with van der Waals surface area (Å²) >= 11 is 0. The molecule has 4 nitrogen and oxygen atoms in total. The zero-order valence-corrected chi connectivity index (χ0v) is 14.1. The summed E-state index contributed by atoms with van der Waals surface area (Å²) in [5.41, 5.74) is 1.32. The van der Waals surface area contributed by atoms with Crippen LogP contribution in [0.15, 0.2) is 24.4 Å². The van der Waals surface area contributed by atoms with E-state index in [-0.39, 0.29) is 11.6 Å². The number of carbonyl (C=O) groups excluding carboxylic acids is 1. The molecule has 0 fully saturated rings. The average Bonchev–Trinajstić information content (AvgIpc) is 2.92. The Balaban J connectivity index is 1.89. The first-order chi connectivity index (χ1) is 11.3. The molecule has 1 atom stereocenters. The molecule has 128 valence electrons. The number of rotatable bonds is 2. The van der Waals surface area contributed by atoms with Crippen molar-refractivity contribution in [3.8, 4) is 0 Å². The van der Waals surface area contributed by atoms with Gasteiger partial charge in [-0.3, -0.25) is 9.48 Å². The molecule has 1 aliphatic carbocycles. The Kier molecular flexibility index (Phi) is 4.15. The Bertz CT molecular complexity index is 757. The van der Waals surface area contributed by atoms with Crippen molar-refractivity contribution in [2.75, 3.05) is 0 Å². The van der Waals surface area contributed by atoms with Gasteiger partial charge in [0.05, 0.1) is 17.8 Å². The molecule has 24 heavy (non-hydrogen) atoms. The molecule has 0 saturated carbocycles. The fraction of sp³-hybridized carbons (Fsp3) is 0.444. The van der Waals surface area contributed by atoms with Crippen LogP contribution in [0.1, 0.15) is 61.3 Å². The van der Waals surface area contributed by atoms with Crippen molar-refractivity contribution < 1.29 is 13.6 Å². The van der Waals surface area contributed by atoms with Crippen molar-refractivity contribution in [3.05, 3.63) is 52.9 Å². The highest BCUT2D eigenvalue weighted by Crippen LogP contribution is 2.32. The first-order valence-electron chi connectivity index (χ1n) is 8.11. The number of nitrogens with zero attached hydrogens (tertiary/aromatic N) is 2. The summed E-state index contributed by atoms with van der Waals surface area (Å²) in [7, 11) is 0.